The Hall–Kier alpha value is -0.640. The molecule has 0 aromatic rings. The van der Waals surface area contributed by atoms with Crippen LogP contribution >= 0.6 is 0 Å². The standard InChI is InChI=1S/C20H32O3/c1-5-18(2)9-8-14-13(10-18)6-7-16-19(14,3)11-15(22)17(23)20(16,4)12-21/h5-6,14-17,21-23H,1,7-12H2,2-4H3/t14-,15+,16+,17-,18-,19+,20+/m0/s1. The van der Waals surface area contributed by atoms with Crippen molar-refractivity contribution in [2.45, 2.75) is 65.1 Å². The predicted molar refractivity (Wildman–Crippen MR) is 91.8 cm³/mol. The number of aliphatic hydroxyl groups excluding tert-OH is 3. The molecule has 3 heteroatoms. The van der Waals surface area contributed by atoms with Gasteiger partial charge in [-0.25, -0.2) is 0 Å². The Kier molecular flexibility index (Phi) is 4.06. The first kappa shape index (κ1) is 17.2. The number of rotatable bonds is 2. The summed E-state index contributed by atoms with van der Waals surface area (Å²) >= 11 is 0. The summed E-state index contributed by atoms with van der Waals surface area (Å²) in [4.78, 5) is 0. The van der Waals surface area contributed by atoms with Crippen LogP contribution in [0.3, 0.4) is 0 Å². The molecule has 0 aromatic carbocycles. The molecule has 3 N–H and O–H groups in total. The van der Waals surface area contributed by atoms with Crippen LogP contribution in [0.1, 0.15) is 52.9 Å². The molecule has 3 nitrogen and oxygen atoms in total. The fraction of sp³-hybridized carbons (Fsp3) is 0.800. The fourth-order valence-corrected chi connectivity index (χ4v) is 5.98. The third-order valence-electron chi connectivity index (χ3n) is 7.59. The van der Waals surface area contributed by atoms with Crippen LogP contribution in [-0.2, 0) is 0 Å². The summed E-state index contributed by atoms with van der Waals surface area (Å²) < 4.78 is 0. The van der Waals surface area contributed by atoms with Crippen molar-refractivity contribution in [2.75, 3.05) is 6.61 Å². The molecular weight excluding hydrogens is 288 g/mol. The fourth-order valence-electron chi connectivity index (χ4n) is 5.98. The lowest BCUT2D eigenvalue weighted by Gasteiger charge is -2.61. The van der Waals surface area contributed by atoms with Crippen LogP contribution in [0.25, 0.3) is 0 Å². The number of aliphatic hydroxyl groups is 3. The Morgan fingerprint density at radius 2 is 2.00 bits per heavy atom. The molecule has 2 fully saturated rings. The van der Waals surface area contributed by atoms with Crippen molar-refractivity contribution in [3.05, 3.63) is 24.3 Å². The van der Waals surface area contributed by atoms with Crippen LogP contribution < -0.4 is 0 Å². The van der Waals surface area contributed by atoms with Crippen LogP contribution in [0.15, 0.2) is 24.3 Å². The van der Waals surface area contributed by atoms with E-state index >= 15 is 0 Å². The first-order valence-electron chi connectivity index (χ1n) is 9.00. The average molecular weight is 320 g/mol. The molecule has 0 bridgehead atoms. The van der Waals surface area contributed by atoms with E-state index in [2.05, 4.69) is 32.6 Å². The van der Waals surface area contributed by atoms with Crippen molar-refractivity contribution in [1.29, 1.82) is 0 Å². The summed E-state index contributed by atoms with van der Waals surface area (Å²) in [7, 11) is 0. The topological polar surface area (TPSA) is 60.7 Å². The van der Waals surface area contributed by atoms with Gasteiger partial charge in [-0.3, -0.25) is 0 Å². The van der Waals surface area contributed by atoms with Gasteiger partial charge in [-0.1, -0.05) is 38.5 Å². The van der Waals surface area contributed by atoms with E-state index in [1.54, 1.807) is 0 Å². The van der Waals surface area contributed by atoms with E-state index in [0.717, 1.165) is 25.7 Å². The zero-order valence-corrected chi connectivity index (χ0v) is 14.8. The third kappa shape index (κ3) is 2.35. The smallest absolute Gasteiger partial charge is 0.0877 e. The Morgan fingerprint density at radius 3 is 2.61 bits per heavy atom. The molecule has 0 spiro atoms. The van der Waals surface area contributed by atoms with Crippen molar-refractivity contribution in [3.63, 3.8) is 0 Å². The molecule has 2 saturated carbocycles. The minimum Gasteiger partial charge on any atom is -0.396 e. The van der Waals surface area contributed by atoms with Gasteiger partial charge in [-0.2, -0.15) is 0 Å². The van der Waals surface area contributed by atoms with Crippen molar-refractivity contribution in [2.24, 2.45) is 28.1 Å². The van der Waals surface area contributed by atoms with Crippen LogP contribution in [0, 0.1) is 28.1 Å². The quantitative estimate of drug-likeness (QED) is 0.685. The van der Waals surface area contributed by atoms with E-state index < -0.39 is 17.6 Å². The van der Waals surface area contributed by atoms with Gasteiger partial charge in [0.05, 0.1) is 18.8 Å². The zero-order chi connectivity index (χ0) is 17.0. The first-order chi connectivity index (χ1) is 10.7. The van der Waals surface area contributed by atoms with Gasteiger partial charge in [0.15, 0.2) is 0 Å². The zero-order valence-electron chi connectivity index (χ0n) is 14.8. The van der Waals surface area contributed by atoms with Crippen LogP contribution in [0.4, 0.5) is 0 Å². The molecule has 0 amide bonds. The van der Waals surface area contributed by atoms with Gasteiger partial charge in [0.2, 0.25) is 0 Å². The second kappa shape index (κ2) is 5.44. The molecule has 0 saturated heterocycles. The second-order valence-electron chi connectivity index (χ2n) is 9.08. The van der Waals surface area contributed by atoms with Gasteiger partial charge >= 0.3 is 0 Å². The number of allylic oxidation sites excluding steroid dienone is 3. The molecule has 0 heterocycles. The molecule has 0 unspecified atom stereocenters. The lowest BCUT2D eigenvalue weighted by molar-refractivity contribution is -0.196. The maximum Gasteiger partial charge on any atom is 0.0877 e. The highest BCUT2D eigenvalue weighted by molar-refractivity contribution is 5.26. The Balaban J connectivity index is 2.00. The molecule has 3 aliphatic rings. The second-order valence-corrected chi connectivity index (χ2v) is 9.08. The molecule has 130 valence electrons. The highest BCUT2D eigenvalue weighted by Gasteiger charge is 2.60. The third-order valence-corrected chi connectivity index (χ3v) is 7.59. The largest absolute Gasteiger partial charge is 0.396 e. The van der Waals surface area contributed by atoms with Crippen LogP contribution in [-0.4, -0.2) is 34.1 Å². The SMILES string of the molecule is C=C[C@@]1(C)CC[C@H]2C(=CC[C@@H]3[C@]2(C)C[C@@H](O)[C@H](O)[C@]3(C)CO)C1. The minimum atomic E-state index is -0.845. The Labute approximate surface area is 140 Å². The number of hydrogen-bond acceptors (Lipinski definition) is 3. The summed E-state index contributed by atoms with van der Waals surface area (Å²) in [6, 6.07) is 0. The van der Waals surface area contributed by atoms with Crippen molar-refractivity contribution < 1.29 is 15.3 Å². The van der Waals surface area contributed by atoms with Crippen molar-refractivity contribution in [1.82, 2.24) is 0 Å². The molecule has 0 aromatic heterocycles. The molecule has 23 heavy (non-hydrogen) atoms. The van der Waals surface area contributed by atoms with E-state index in [9.17, 15) is 15.3 Å². The first-order valence-corrected chi connectivity index (χ1v) is 9.00. The van der Waals surface area contributed by atoms with Gasteiger partial charge < -0.3 is 15.3 Å². The van der Waals surface area contributed by atoms with E-state index in [1.165, 1.54) is 5.57 Å². The van der Waals surface area contributed by atoms with Crippen LogP contribution in [0.2, 0.25) is 0 Å². The molecule has 0 aliphatic heterocycles. The lowest BCUT2D eigenvalue weighted by Crippen LogP contribution is -2.62. The maximum atomic E-state index is 10.5. The lowest BCUT2D eigenvalue weighted by atomic mass is 9.44. The van der Waals surface area contributed by atoms with Gasteiger partial charge in [0, 0.05) is 5.41 Å². The molecule has 3 rings (SSSR count). The normalized spacial score (nSPS) is 53.0. The summed E-state index contributed by atoms with van der Waals surface area (Å²) in [6.45, 7) is 10.4. The van der Waals surface area contributed by atoms with E-state index in [-0.39, 0.29) is 23.4 Å². The number of fused-ring (bicyclic) bond motifs is 3. The van der Waals surface area contributed by atoms with E-state index in [0.29, 0.717) is 12.3 Å². The summed E-state index contributed by atoms with van der Waals surface area (Å²) in [5, 5.41) is 31.0. The Morgan fingerprint density at radius 1 is 1.30 bits per heavy atom. The van der Waals surface area contributed by atoms with Gasteiger partial charge in [0.25, 0.3) is 0 Å². The van der Waals surface area contributed by atoms with Gasteiger partial charge in [-0.15, -0.1) is 6.58 Å². The van der Waals surface area contributed by atoms with Gasteiger partial charge in [0.1, 0.15) is 0 Å². The van der Waals surface area contributed by atoms with Crippen molar-refractivity contribution >= 4 is 0 Å². The molecule has 7 atom stereocenters. The minimum absolute atomic E-state index is 0.0529. The average Bonchev–Trinajstić information content (AvgIpc) is 2.52. The summed E-state index contributed by atoms with van der Waals surface area (Å²) in [5.74, 6) is 0.655. The summed E-state index contributed by atoms with van der Waals surface area (Å²) in [5.41, 5.74) is 0.996. The van der Waals surface area contributed by atoms with Gasteiger partial charge in [-0.05, 0) is 54.8 Å². The number of hydrogen-bond donors (Lipinski definition) is 3. The highest BCUT2D eigenvalue weighted by atomic mass is 16.3. The molecule has 0 radical (unpaired) electrons. The van der Waals surface area contributed by atoms with E-state index in [4.69, 9.17) is 0 Å². The molecule has 3 aliphatic carbocycles. The summed E-state index contributed by atoms with van der Waals surface area (Å²) in [6.07, 6.45) is 7.64. The Bertz CT molecular complexity index is 527. The monoisotopic (exact) mass is 320 g/mol. The maximum absolute atomic E-state index is 10.5. The molecular formula is C20H32O3. The predicted octanol–water partition coefficient (Wildman–Crippen LogP) is 3.06. The van der Waals surface area contributed by atoms with E-state index in [1.807, 2.05) is 6.92 Å². The highest BCUT2D eigenvalue weighted by Crippen LogP contribution is 2.63. The van der Waals surface area contributed by atoms with Crippen LogP contribution in [0.5, 0.6) is 0 Å². The van der Waals surface area contributed by atoms with Crippen molar-refractivity contribution in [3.8, 4) is 0 Å².